The van der Waals surface area contributed by atoms with Crippen LogP contribution in [0.25, 0.3) is 10.9 Å². The molecule has 0 aliphatic carbocycles. The average Bonchev–Trinajstić information content (AvgIpc) is 3.20. The summed E-state index contributed by atoms with van der Waals surface area (Å²) >= 11 is 1.24. The van der Waals surface area contributed by atoms with E-state index in [2.05, 4.69) is 15.2 Å². The molecule has 0 aliphatic rings. The molecule has 0 spiro atoms. The predicted octanol–water partition coefficient (Wildman–Crippen LogP) is 3.16. The fourth-order valence-electron chi connectivity index (χ4n) is 2.81. The molecule has 136 valence electrons. The number of carboxylic acid groups (broad SMARTS) is 1. The highest BCUT2D eigenvalue weighted by atomic mass is 32.2. The van der Waals surface area contributed by atoms with Crippen LogP contribution < -0.4 is 0 Å². The van der Waals surface area contributed by atoms with E-state index < -0.39 is 11.2 Å². The number of aromatic amines is 1. The van der Waals surface area contributed by atoms with Crippen molar-refractivity contribution in [2.75, 3.05) is 0 Å². The maximum Gasteiger partial charge on any atom is 0.323 e. The number of H-pyrrole nitrogens is 1. The number of nitrogens with zero attached hydrogens (tertiary/aromatic N) is 3. The third kappa shape index (κ3) is 3.65. The van der Waals surface area contributed by atoms with Crippen LogP contribution in [-0.4, -0.2) is 41.9 Å². The molecule has 0 radical (unpaired) electrons. The molecule has 0 aliphatic heterocycles. The van der Waals surface area contributed by atoms with E-state index in [-0.39, 0.29) is 12.3 Å². The lowest BCUT2D eigenvalue weighted by atomic mass is 10.1. The minimum Gasteiger partial charge on any atom is -0.480 e. The maximum absolute atomic E-state index is 12.9. The first kappa shape index (κ1) is 18.2. The Morgan fingerprint density at radius 2 is 2.08 bits per heavy atom. The zero-order chi connectivity index (χ0) is 18.7. The van der Waals surface area contributed by atoms with Crippen molar-refractivity contribution >= 4 is 34.4 Å². The van der Waals surface area contributed by atoms with Crippen LogP contribution in [0.3, 0.4) is 0 Å². The summed E-state index contributed by atoms with van der Waals surface area (Å²) in [6.07, 6.45) is 3.20. The van der Waals surface area contributed by atoms with E-state index in [9.17, 15) is 9.59 Å². The van der Waals surface area contributed by atoms with Gasteiger partial charge in [-0.15, -0.1) is 10.2 Å². The molecule has 3 rings (SSSR count). The lowest BCUT2D eigenvalue weighted by Gasteiger charge is -2.11. The average molecular weight is 372 g/mol. The number of carbonyl (C=O) groups is 2. The monoisotopic (exact) mass is 372 g/mol. The molecule has 0 fully saturated rings. The fourth-order valence-corrected chi connectivity index (χ4v) is 3.75. The van der Waals surface area contributed by atoms with E-state index in [1.54, 1.807) is 17.7 Å². The number of para-hydroxylation sites is 1. The van der Waals surface area contributed by atoms with Gasteiger partial charge in [0.15, 0.2) is 10.9 Å². The second-order valence-electron chi connectivity index (χ2n) is 6.00. The van der Waals surface area contributed by atoms with E-state index in [0.29, 0.717) is 23.0 Å². The highest BCUT2D eigenvalue weighted by molar-refractivity contribution is 8.00. The van der Waals surface area contributed by atoms with Crippen LogP contribution >= 0.6 is 11.8 Å². The summed E-state index contributed by atoms with van der Waals surface area (Å²) in [6, 6.07) is 7.63. The van der Waals surface area contributed by atoms with E-state index >= 15 is 0 Å². The van der Waals surface area contributed by atoms with Crippen LogP contribution in [0.5, 0.6) is 0 Å². The van der Waals surface area contributed by atoms with Gasteiger partial charge in [-0.2, -0.15) is 0 Å². The summed E-state index contributed by atoms with van der Waals surface area (Å²) in [5.74, 6) is -0.363. The standard InChI is InChI=1S/C18H20N4O3S/c1-3-6-15-20-21-18(22(15)10-16(23)24)26-11(2)17(25)13-9-19-14-8-5-4-7-12(13)14/h4-5,7-9,11,19H,3,6,10H2,1-2H3,(H,23,24)/t11-/m1/s1. The number of thioether (sulfide) groups is 1. The number of nitrogens with one attached hydrogen (secondary N) is 1. The molecule has 3 aromatic rings. The van der Waals surface area contributed by atoms with Crippen LogP contribution in [0.4, 0.5) is 0 Å². The van der Waals surface area contributed by atoms with Crippen LogP contribution in [0.15, 0.2) is 35.6 Å². The number of aliphatic carboxylic acids is 1. The number of aromatic nitrogens is 4. The zero-order valence-corrected chi connectivity index (χ0v) is 15.4. The Morgan fingerprint density at radius 1 is 1.31 bits per heavy atom. The van der Waals surface area contributed by atoms with Gasteiger partial charge in [-0.25, -0.2) is 0 Å². The molecule has 8 heteroatoms. The molecule has 2 N–H and O–H groups in total. The molecule has 2 aromatic heterocycles. The van der Waals surface area contributed by atoms with Crippen LogP contribution in [0, 0.1) is 0 Å². The first-order valence-electron chi connectivity index (χ1n) is 8.42. The lowest BCUT2D eigenvalue weighted by Crippen LogP contribution is -2.17. The summed E-state index contributed by atoms with van der Waals surface area (Å²) in [5, 5.41) is 18.3. The Hall–Kier alpha value is -2.61. The number of carbonyl (C=O) groups excluding carboxylic acids is 1. The van der Waals surface area contributed by atoms with Crippen molar-refractivity contribution in [1.29, 1.82) is 0 Å². The van der Waals surface area contributed by atoms with Crippen molar-refractivity contribution in [3.63, 3.8) is 0 Å². The van der Waals surface area contributed by atoms with Gasteiger partial charge < -0.3 is 10.1 Å². The Balaban J connectivity index is 1.84. The third-order valence-electron chi connectivity index (χ3n) is 4.07. The van der Waals surface area contributed by atoms with Crippen LogP contribution in [0.2, 0.25) is 0 Å². The highest BCUT2D eigenvalue weighted by Crippen LogP contribution is 2.28. The smallest absolute Gasteiger partial charge is 0.323 e. The number of hydrogen-bond acceptors (Lipinski definition) is 5. The van der Waals surface area contributed by atoms with Crippen LogP contribution in [-0.2, 0) is 17.8 Å². The summed E-state index contributed by atoms with van der Waals surface area (Å²) in [5.41, 5.74) is 1.53. The molecule has 0 unspecified atom stereocenters. The SMILES string of the molecule is CCCc1nnc(S[C@H](C)C(=O)c2c[nH]c3ccccc23)n1CC(=O)O. The number of aryl methyl sites for hydroxylation is 1. The second-order valence-corrected chi connectivity index (χ2v) is 7.31. The van der Waals surface area contributed by atoms with Gasteiger partial charge in [0.2, 0.25) is 0 Å². The summed E-state index contributed by atoms with van der Waals surface area (Å²) in [6.45, 7) is 3.59. The van der Waals surface area contributed by atoms with Gasteiger partial charge in [-0.1, -0.05) is 36.9 Å². The second kappa shape index (κ2) is 7.74. The number of rotatable bonds is 8. The van der Waals surface area contributed by atoms with E-state index in [0.717, 1.165) is 17.3 Å². The van der Waals surface area contributed by atoms with Gasteiger partial charge in [0.25, 0.3) is 0 Å². The van der Waals surface area contributed by atoms with E-state index in [1.165, 1.54) is 11.8 Å². The Bertz CT molecular complexity index is 947. The number of carboxylic acids is 1. The van der Waals surface area contributed by atoms with Crippen molar-refractivity contribution in [3.05, 3.63) is 41.9 Å². The predicted molar refractivity (Wildman–Crippen MR) is 99.6 cm³/mol. The quantitative estimate of drug-likeness (QED) is 0.465. The number of benzene rings is 1. The van der Waals surface area contributed by atoms with Crippen molar-refractivity contribution in [2.24, 2.45) is 0 Å². The van der Waals surface area contributed by atoms with E-state index in [4.69, 9.17) is 5.11 Å². The molecular weight excluding hydrogens is 352 g/mol. The first-order chi connectivity index (χ1) is 12.5. The fraction of sp³-hybridized carbons (Fsp3) is 0.333. The molecule has 0 bridgehead atoms. The molecule has 0 amide bonds. The molecule has 7 nitrogen and oxygen atoms in total. The molecule has 2 heterocycles. The van der Waals surface area contributed by atoms with Crippen molar-refractivity contribution in [1.82, 2.24) is 19.7 Å². The molecule has 26 heavy (non-hydrogen) atoms. The largest absolute Gasteiger partial charge is 0.480 e. The molecule has 1 atom stereocenters. The zero-order valence-electron chi connectivity index (χ0n) is 14.6. The van der Waals surface area contributed by atoms with Gasteiger partial charge in [0, 0.05) is 29.1 Å². The van der Waals surface area contributed by atoms with Crippen molar-refractivity contribution < 1.29 is 14.7 Å². The number of hydrogen-bond donors (Lipinski definition) is 2. The third-order valence-corrected chi connectivity index (χ3v) is 5.15. The number of Topliss-reactive ketones (excluding diaryl/α,β-unsaturated/α-hetero) is 1. The van der Waals surface area contributed by atoms with Gasteiger partial charge >= 0.3 is 5.97 Å². The maximum atomic E-state index is 12.9. The summed E-state index contributed by atoms with van der Waals surface area (Å²) in [7, 11) is 0. The summed E-state index contributed by atoms with van der Waals surface area (Å²) in [4.78, 5) is 27.2. The first-order valence-corrected chi connectivity index (χ1v) is 9.30. The van der Waals surface area contributed by atoms with Crippen molar-refractivity contribution in [2.45, 2.75) is 43.6 Å². The topological polar surface area (TPSA) is 101 Å². The van der Waals surface area contributed by atoms with Crippen LogP contribution in [0.1, 0.15) is 36.5 Å². The van der Waals surface area contributed by atoms with Gasteiger partial charge in [0.05, 0.1) is 5.25 Å². The summed E-state index contributed by atoms with van der Waals surface area (Å²) < 4.78 is 1.58. The van der Waals surface area contributed by atoms with Gasteiger partial charge in [-0.3, -0.25) is 14.2 Å². The van der Waals surface area contributed by atoms with Crippen molar-refractivity contribution in [3.8, 4) is 0 Å². The minimum atomic E-state index is -0.959. The number of fused-ring (bicyclic) bond motifs is 1. The normalized spacial score (nSPS) is 12.4. The Morgan fingerprint density at radius 3 is 2.81 bits per heavy atom. The Kier molecular flexibility index (Phi) is 5.41. The number of ketones is 1. The molecule has 0 saturated heterocycles. The Labute approximate surface area is 154 Å². The van der Waals surface area contributed by atoms with Gasteiger partial charge in [0.1, 0.15) is 12.4 Å². The lowest BCUT2D eigenvalue weighted by molar-refractivity contribution is -0.137. The van der Waals surface area contributed by atoms with E-state index in [1.807, 2.05) is 31.2 Å². The molecule has 1 aromatic carbocycles. The van der Waals surface area contributed by atoms with Gasteiger partial charge in [-0.05, 0) is 19.4 Å². The highest BCUT2D eigenvalue weighted by Gasteiger charge is 2.23. The molecular formula is C18H20N4O3S. The molecule has 0 saturated carbocycles. The minimum absolute atomic E-state index is 0.0330.